The minimum Gasteiger partial charge on any atom is -0.324 e. The van der Waals surface area contributed by atoms with Gasteiger partial charge in [-0.1, -0.05) is 30.3 Å². The van der Waals surface area contributed by atoms with E-state index in [1.807, 2.05) is 44.2 Å². The zero-order valence-corrected chi connectivity index (χ0v) is 20.6. The number of sulfonamides is 1. The molecule has 0 saturated heterocycles. The Kier molecular flexibility index (Phi) is 5.55. The summed E-state index contributed by atoms with van der Waals surface area (Å²) in [4.78, 5) is 12.8. The lowest BCUT2D eigenvalue weighted by atomic mass is 9.48. The first kappa shape index (κ1) is 22.5. The van der Waals surface area contributed by atoms with Crippen LogP contribution in [-0.2, 0) is 20.2 Å². The molecule has 0 atom stereocenters. The Bertz CT molecular complexity index is 1110. The van der Waals surface area contributed by atoms with Crippen molar-refractivity contribution in [3.05, 3.63) is 59.2 Å². The molecule has 4 aliphatic carbocycles. The monoisotopic (exact) mass is 466 g/mol. The lowest BCUT2D eigenvalue weighted by Gasteiger charge is -2.57. The molecular weight excluding hydrogens is 432 g/mol. The maximum absolute atomic E-state index is 12.8. The molecule has 4 aliphatic rings. The van der Waals surface area contributed by atoms with Gasteiger partial charge >= 0.3 is 0 Å². The van der Waals surface area contributed by atoms with Crippen molar-refractivity contribution in [2.24, 2.45) is 17.8 Å². The molecule has 2 aromatic rings. The van der Waals surface area contributed by atoms with Gasteiger partial charge in [0.15, 0.2) is 0 Å². The molecular formula is C27H34N2O3S. The summed E-state index contributed by atoms with van der Waals surface area (Å²) in [6.07, 6.45) is 9.16. The Labute approximate surface area is 197 Å². The number of carbonyl (C=O) groups is 1. The second-order valence-electron chi connectivity index (χ2n) is 10.8. The Morgan fingerprint density at radius 2 is 1.45 bits per heavy atom. The van der Waals surface area contributed by atoms with Gasteiger partial charge in [-0.05, 0) is 104 Å². The van der Waals surface area contributed by atoms with E-state index in [0.29, 0.717) is 5.69 Å². The van der Waals surface area contributed by atoms with Crippen molar-refractivity contribution >= 4 is 27.3 Å². The summed E-state index contributed by atoms with van der Waals surface area (Å²) in [5.74, 6) is 2.23. The molecule has 6 heteroatoms. The molecule has 0 spiro atoms. The van der Waals surface area contributed by atoms with Crippen LogP contribution in [0.15, 0.2) is 42.5 Å². The first-order valence-corrected chi connectivity index (χ1v) is 13.9. The fourth-order valence-corrected chi connectivity index (χ4v) is 8.02. The van der Waals surface area contributed by atoms with Gasteiger partial charge in [0.1, 0.15) is 6.54 Å². The van der Waals surface area contributed by atoms with Gasteiger partial charge in [-0.25, -0.2) is 8.42 Å². The van der Waals surface area contributed by atoms with Crippen LogP contribution in [-0.4, -0.2) is 27.1 Å². The lowest BCUT2D eigenvalue weighted by Crippen LogP contribution is -2.48. The number of hydrogen-bond donors (Lipinski definition) is 1. The number of nitrogens with zero attached hydrogens (tertiary/aromatic N) is 1. The molecule has 5 nitrogen and oxygen atoms in total. The number of hydrogen-bond acceptors (Lipinski definition) is 3. The Hall–Kier alpha value is -2.34. The van der Waals surface area contributed by atoms with Gasteiger partial charge in [-0.2, -0.15) is 0 Å². The molecule has 0 heterocycles. The zero-order valence-electron chi connectivity index (χ0n) is 19.8. The SMILES string of the molecule is Cc1cccc(C)c1NC(=O)CN(c1ccc(C23CC4CC(CC(C4)C2)C3)cc1)S(C)(=O)=O. The number of nitrogens with one attached hydrogen (secondary N) is 1. The van der Waals surface area contributed by atoms with E-state index in [1.54, 1.807) is 0 Å². The second-order valence-corrected chi connectivity index (χ2v) is 12.7. The standard InChI is InChI=1S/C27H34N2O3S/c1-18-5-4-6-19(2)26(18)28-25(30)17-29(33(3,31)32)24-9-7-23(8-10-24)27-14-20-11-21(15-27)13-22(12-20)16-27/h4-10,20-22H,11-17H2,1-3H3,(H,28,30). The fourth-order valence-electron chi connectivity index (χ4n) is 7.17. The third kappa shape index (κ3) is 4.30. The molecule has 4 saturated carbocycles. The van der Waals surface area contributed by atoms with Crippen LogP contribution >= 0.6 is 0 Å². The van der Waals surface area contributed by atoms with Gasteiger partial charge in [0.2, 0.25) is 15.9 Å². The summed E-state index contributed by atoms with van der Waals surface area (Å²) < 4.78 is 26.4. The highest BCUT2D eigenvalue weighted by atomic mass is 32.2. The Morgan fingerprint density at radius 1 is 0.939 bits per heavy atom. The average molecular weight is 467 g/mol. The number of aryl methyl sites for hydroxylation is 2. The molecule has 0 aromatic heterocycles. The van der Waals surface area contributed by atoms with Gasteiger partial charge in [0.25, 0.3) is 0 Å². The Balaban J connectivity index is 1.36. The number of benzene rings is 2. The maximum Gasteiger partial charge on any atom is 0.245 e. The normalized spacial score (nSPS) is 28.0. The number of carbonyl (C=O) groups excluding carboxylic acids is 1. The van der Waals surface area contributed by atoms with Crippen LogP contribution in [0, 0.1) is 31.6 Å². The molecule has 4 bridgehead atoms. The second kappa shape index (κ2) is 8.15. The van der Waals surface area contributed by atoms with Gasteiger partial charge in [0, 0.05) is 5.69 Å². The van der Waals surface area contributed by atoms with Gasteiger partial charge in [-0.3, -0.25) is 9.10 Å². The van der Waals surface area contributed by atoms with Crippen LogP contribution in [0.1, 0.15) is 55.2 Å². The fraction of sp³-hybridized carbons (Fsp3) is 0.519. The molecule has 2 aromatic carbocycles. The van der Waals surface area contributed by atoms with Crippen molar-refractivity contribution in [3.63, 3.8) is 0 Å². The lowest BCUT2D eigenvalue weighted by molar-refractivity contribution is -0.114. The third-order valence-corrected chi connectivity index (χ3v) is 9.38. The molecule has 33 heavy (non-hydrogen) atoms. The predicted molar refractivity (Wildman–Crippen MR) is 133 cm³/mol. The predicted octanol–water partition coefficient (Wildman–Crippen LogP) is 5.18. The third-order valence-electron chi connectivity index (χ3n) is 8.24. The summed E-state index contributed by atoms with van der Waals surface area (Å²) in [7, 11) is -3.61. The summed E-state index contributed by atoms with van der Waals surface area (Å²) in [6, 6.07) is 13.8. The van der Waals surface area contributed by atoms with Gasteiger partial charge in [-0.15, -0.1) is 0 Å². The van der Waals surface area contributed by atoms with E-state index in [0.717, 1.165) is 40.8 Å². The molecule has 176 valence electrons. The van der Waals surface area contributed by atoms with E-state index in [1.165, 1.54) is 48.4 Å². The largest absolute Gasteiger partial charge is 0.324 e. The van der Waals surface area contributed by atoms with E-state index in [2.05, 4.69) is 17.4 Å². The molecule has 6 rings (SSSR count). The minimum atomic E-state index is -3.61. The molecule has 1 N–H and O–H groups in total. The highest BCUT2D eigenvalue weighted by Gasteiger charge is 2.51. The van der Waals surface area contributed by atoms with E-state index >= 15 is 0 Å². The zero-order chi connectivity index (χ0) is 23.4. The first-order chi connectivity index (χ1) is 15.6. The van der Waals surface area contributed by atoms with Crippen molar-refractivity contribution in [2.75, 3.05) is 22.4 Å². The summed E-state index contributed by atoms with van der Waals surface area (Å²) in [5, 5.41) is 2.91. The topological polar surface area (TPSA) is 66.5 Å². The summed E-state index contributed by atoms with van der Waals surface area (Å²) in [6.45, 7) is 3.61. The van der Waals surface area contributed by atoms with Crippen molar-refractivity contribution in [2.45, 2.75) is 57.8 Å². The Morgan fingerprint density at radius 3 is 1.94 bits per heavy atom. The number of para-hydroxylation sites is 1. The molecule has 0 radical (unpaired) electrons. The van der Waals surface area contributed by atoms with Crippen LogP contribution in [0.5, 0.6) is 0 Å². The quantitative estimate of drug-likeness (QED) is 0.638. The summed E-state index contributed by atoms with van der Waals surface area (Å²) >= 11 is 0. The van der Waals surface area contributed by atoms with Crippen LogP contribution in [0.25, 0.3) is 0 Å². The molecule has 4 fully saturated rings. The van der Waals surface area contributed by atoms with E-state index < -0.39 is 10.0 Å². The van der Waals surface area contributed by atoms with Crippen molar-refractivity contribution < 1.29 is 13.2 Å². The number of amides is 1. The molecule has 0 aliphatic heterocycles. The van der Waals surface area contributed by atoms with Crippen molar-refractivity contribution in [1.29, 1.82) is 0 Å². The minimum absolute atomic E-state index is 0.247. The van der Waals surface area contributed by atoms with Crippen molar-refractivity contribution in [3.8, 4) is 0 Å². The van der Waals surface area contributed by atoms with Crippen LogP contribution in [0.3, 0.4) is 0 Å². The first-order valence-electron chi connectivity index (χ1n) is 12.1. The summed E-state index contributed by atoms with van der Waals surface area (Å²) in [5.41, 5.74) is 4.81. The van der Waals surface area contributed by atoms with Crippen LogP contribution < -0.4 is 9.62 Å². The number of anilines is 2. The highest BCUT2D eigenvalue weighted by Crippen LogP contribution is 2.60. The van der Waals surface area contributed by atoms with Crippen LogP contribution in [0.2, 0.25) is 0 Å². The molecule has 0 unspecified atom stereocenters. The smallest absolute Gasteiger partial charge is 0.245 e. The van der Waals surface area contributed by atoms with E-state index in [9.17, 15) is 13.2 Å². The highest BCUT2D eigenvalue weighted by molar-refractivity contribution is 7.92. The van der Waals surface area contributed by atoms with Crippen LogP contribution in [0.4, 0.5) is 11.4 Å². The number of rotatable bonds is 6. The van der Waals surface area contributed by atoms with Gasteiger partial charge in [0.05, 0.1) is 11.9 Å². The van der Waals surface area contributed by atoms with E-state index in [-0.39, 0.29) is 17.9 Å². The average Bonchev–Trinajstić information content (AvgIpc) is 2.73. The van der Waals surface area contributed by atoms with Crippen molar-refractivity contribution in [1.82, 2.24) is 0 Å². The maximum atomic E-state index is 12.8. The molecule has 1 amide bonds. The van der Waals surface area contributed by atoms with E-state index in [4.69, 9.17) is 0 Å². The van der Waals surface area contributed by atoms with Gasteiger partial charge < -0.3 is 5.32 Å².